The van der Waals surface area contributed by atoms with Crippen LogP contribution in [0.4, 0.5) is 32.0 Å². The van der Waals surface area contributed by atoms with Gasteiger partial charge >= 0.3 is 12.4 Å². The molecule has 0 saturated carbocycles. The molecule has 1 aliphatic rings. The lowest BCUT2D eigenvalue weighted by Gasteiger charge is -2.44. The number of non-ortho nitro benzene ring substituents is 1. The van der Waals surface area contributed by atoms with Crippen LogP contribution in [-0.4, -0.2) is 50.5 Å². The van der Waals surface area contributed by atoms with Crippen molar-refractivity contribution in [2.24, 2.45) is 0 Å². The fourth-order valence-electron chi connectivity index (χ4n) is 4.97. The second-order valence-corrected chi connectivity index (χ2v) is 12.4. The van der Waals surface area contributed by atoms with Gasteiger partial charge in [0.1, 0.15) is 10.5 Å². The average Bonchev–Trinajstić information content (AvgIpc) is 2.97. The van der Waals surface area contributed by atoms with Crippen LogP contribution in [0.1, 0.15) is 34.7 Å². The lowest BCUT2D eigenvalue weighted by Crippen LogP contribution is -2.53. The van der Waals surface area contributed by atoms with Gasteiger partial charge in [-0.2, -0.15) is 34.8 Å². The highest BCUT2D eigenvalue weighted by Crippen LogP contribution is 2.44. The number of nitrogens with zero attached hydrogens (tertiary/aromatic N) is 2. The van der Waals surface area contributed by atoms with E-state index < -0.39 is 79.1 Å². The van der Waals surface area contributed by atoms with E-state index in [1.54, 1.807) is 0 Å². The fourth-order valence-corrected chi connectivity index (χ4v) is 6.43. The number of morpholine rings is 1. The van der Waals surface area contributed by atoms with Crippen molar-refractivity contribution >= 4 is 44.9 Å². The summed E-state index contributed by atoms with van der Waals surface area (Å²) in [4.78, 5) is 25.0. The molecule has 0 aromatic heterocycles. The SMILES string of the molecule is CCOS(=O)(=O)c1ccc([N+](=O)[O-])cc1C1(c2ccc(Cl)c(Cl)c2)CN(C(=O)Cc2cc(C(F)(F)F)cc(C(F)(F)F)c2)CCO1. The molecule has 1 unspecified atom stereocenters. The van der Waals surface area contributed by atoms with Gasteiger partial charge in [-0.05, 0) is 54.4 Å². The molecule has 1 saturated heterocycles. The number of nitro benzene ring substituents is 1. The second kappa shape index (κ2) is 13.0. The van der Waals surface area contributed by atoms with E-state index >= 15 is 0 Å². The molecule has 9 nitrogen and oxygen atoms in total. The summed E-state index contributed by atoms with van der Waals surface area (Å²) >= 11 is 12.3. The Kier molecular flexibility index (Phi) is 10.00. The van der Waals surface area contributed by atoms with Crippen LogP contribution < -0.4 is 0 Å². The number of hydrogen-bond acceptors (Lipinski definition) is 7. The Morgan fingerprint density at radius 1 is 1.00 bits per heavy atom. The minimum absolute atomic E-state index is 0.0473. The number of alkyl halides is 6. The van der Waals surface area contributed by atoms with Crippen molar-refractivity contribution in [2.45, 2.75) is 36.2 Å². The molecule has 3 aromatic rings. The van der Waals surface area contributed by atoms with Crippen molar-refractivity contribution in [3.8, 4) is 0 Å². The third-order valence-corrected chi connectivity index (χ3v) is 9.20. The largest absolute Gasteiger partial charge is 0.416 e. The van der Waals surface area contributed by atoms with E-state index in [0.717, 1.165) is 23.1 Å². The van der Waals surface area contributed by atoms with Crippen LogP contribution in [0, 0.1) is 10.1 Å². The first-order valence-electron chi connectivity index (χ1n) is 13.1. The van der Waals surface area contributed by atoms with Gasteiger partial charge in [0.2, 0.25) is 5.91 Å². The number of rotatable bonds is 8. The zero-order valence-corrected chi connectivity index (χ0v) is 25.7. The number of nitro groups is 1. The van der Waals surface area contributed by atoms with Crippen LogP contribution in [0.2, 0.25) is 10.0 Å². The molecular weight excluding hydrogens is 693 g/mol. The van der Waals surface area contributed by atoms with Crippen molar-refractivity contribution in [3.05, 3.63) is 103 Å². The highest BCUT2D eigenvalue weighted by Gasteiger charge is 2.46. The van der Waals surface area contributed by atoms with Crippen molar-refractivity contribution in [2.75, 3.05) is 26.3 Å². The standard InChI is InChI=1S/C28H22Cl2F6N2O7S/c1-2-45-46(42,43)24-6-4-20(38(40)41)14-21(24)26(17-3-5-22(29)23(30)13-17)15-37(7-8-44-26)25(39)11-16-9-18(27(31,32)33)12-19(10-16)28(34,35)36/h3-6,9-10,12-14H,2,7-8,11,15H2,1H3. The van der Waals surface area contributed by atoms with Gasteiger partial charge in [-0.1, -0.05) is 29.3 Å². The van der Waals surface area contributed by atoms with E-state index in [9.17, 15) is 49.7 Å². The number of benzene rings is 3. The molecule has 1 amide bonds. The summed E-state index contributed by atoms with van der Waals surface area (Å²) in [5, 5.41) is 11.8. The summed E-state index contributed by atoms with van der Waals surface area (Å²) in [5.74, 6) is -0.945. The highest BCUT2D eigenvalue weighted by atomic mass is 35.5. The minimum atomic E-state index is -5.15. The highest BCUT2D eigenvalue weighted by molar-refractivity contribution is 7.86. The van der Waals surface area contributed by atoms with Crippen molar-refractivity contribution in [3.63, 3.8) is 0 Å². The molecule has 3 aromatic carbocycles. The Labute approximate surface area is 267 Å². The molecule has 18 heteroatoms. The van der Waals surface area contributed by atoms with Crippen molar-refractivity contribution in [1.82, 2.24) is 4.90 Å². The molecule has 0 radical (unpaired) electrons. The molecule has 0 spiro atoms. The van der Waals surface area contributed by atoms with Gasteiger partial charge in [-0.25, -0.2) is 0 Å². The number of carbonyl (C=O) groups is 1. The molecular formula is C28H22Cl2F6N2O7S. The number of amides is 1. The maximum atomic E-state index is 13.5. The number of halogens is 8. The van der Waals surface area contributed by atoms with Crippen LogP contribution in [0.25, 0.3) is 0 Å². The lowest BCUT2D eigenvalue weighted by atomic mass is 9.84. The maximum absolute atomic E-state index is 13.5. The average molecular weight is 715 g/mol. The van der Waals surface area contributed by atoms with Gasteiger partial charge < -0.3 is 9.64 Å². The number of hydrogen-bond donors (Lipinski definition) is 0. The molecule has 0 aliphatic carbocycles. The first kappa shape index (κ1) is 35.4. The summed E-state index contributed by atoms with van der Waals surface area (Å²) in [5.41, 5.74) is -6.68. The number of carbonyl (C=O) groups excluding carboxylic acids is 1. The third kappa shape index (κ3) is 7.41. The van der Waals surface area contributed by atoms with Crippen molar-refractivity contribution < 1.29 is 53.4 Å². The smallest absolute Gasteiger partial charge is 0.362 e. The van der Waals surface area contributed by atoms with E-state index in [0.29, 0.717) is 12.1 Å². The summed E-state index contributed by atoms with van der Waals surface area (Å²) in [6.45, 7) is -0.104. The summed E-state index contributed by atoms with van der Waals surface area (Å²) in [7, 11) is -4.60. The molecule has 1 atom stereocenters. The van der Waals surface area contributed by atoms with E-state index in [-0.39, 0.29) is 47.0 Å². The van der Waals surface area contributed by atoms with Gasteiger partial charge in [0.15, 0.2) is 0 Å². The molecule has 46 heavy (non-hydrogen) atoms. The number of ether oxygens (including phenoxy) is 1. The first-order valence-corrected chi connectivity index (χ1v) is 15.3. The monoisotopic (exact) mass is 714 g/mol. The Hall–Kier alpha value is -3.44. The molecule has 0 bridgehead atoms. The molecule has 0 N–H and O–H groups in total. The molecule has 1 heterocycles. The molecule has 4 rings (SSSR count). The summed E-state index contributed by atoms with van der Waals surface area (Å²) < 4.78 is 118. The predicted octanol–water partition coefficient (Wildman–Crippen LogP) is 7.01. The first-order chi connectivity index (χ1) is 21.3. The van der Waals surface area contributed by atoms with Gasteiger partial charge in [-0.3, -0.25) is 19.1 Å². The fraction of sp³-hybridized carbons (Fsp3) is 0.321. The topological polar surface area (TPSA) is 116 Å². The molecule has 1 fully saturated rings. The zero-order valence-electron chi connectivity index (χ0n) is 23.4. The molecule has 1 aliphatic heterocycles. The van der Waals surface area contributed by atoms with Gasteiger partial charge in [0.05, 0.1) is 52.3 Å². The van der Waals surface area contributed by atoms with E-state index in [4.69, 9.17) is 32.1 Å². The van der Waals surface area contributed by atoms with Gasteiger partial charge in [0.25, 0.3) is 15.8 Å². The Morgan fingerprint density at radius 3 is 2.17 bits per heavy atom. The zero-order chi connectivity index (χ0) is 34.2. The minimum Gasteiger partial charge on any atom is -0.362 e. The van der Waals surface area contributed by atoms with Crippen LogP contribution in [0.15, 0.2) is 59.5 Å². The Morgan fingerprint density at radius 2 is 1.63 bits per heavy atom. The van der Waals surface area contributed by atoms with E-state index in [2.05, 4.69) is 0 Å². The normalized spacial score (nSPS) is 17.6. The second-order valence-electron chi connectivity index (χ2n) is 10.0. The Bertz CT molecular complexity index is 1750. The van der Waals surface area contributed by atoms with E-state index in [1.807, 2.05) is 0 Å². The lowest BCUT2D eigenvalue weighted by molar-refractivity contribution is -0.385. The third-order valence-electron chi connectivity index (χ3n) is 7.02. The summed E-state index contributed by atoms with van der Waals surface area (Å²) in [6.07, 6.45) is -11.2. The van der Waals surface area contributed by atoms with Crippen LogP contribution in [-0.2, 0) is 48.2 Å². The van der Waals surface area contributed by atoms with E-state index in [1.165, 1.54) is 25.1 Å². The Balaban J connectivity index is 1.88. The van der Waals surface area contributed by atoms with Gasteiger partial charge in [0, 0.05) is 24.2 Å². The van der Waals surface area contributed by atoms with Gasteiger partial charge in [-0.15, -0.1) is 0 Å². The quantitative estimate of drug-likeness (QED) is 0.107. The molecule has 248 valence electrons. The van der Waals surface area contributed by atoms with Crippen LogP contribution in [0.3, 0.4) is 0 Å². The van der Waals surface area contributed by atoms with Crippen LogP contribution in [0.5, 0.6) is 0 Å². The summed E-state index contributed by atoms with van der Waals surface area (Å²) in [6, 6.07) is 7.47. The van der Waals surface area contributed by atoms with Crippen LogP contribution >= 0.6 is 23.2 Å². The predicted molar refractivity (Wildman–Crippen MR) is 152 cm³/mol. The maximum Gasteiger partial charge on any atom is 0.416 e. The van der Waals surface area contributed by atoms with Crippen molar-refractivity contribution in [1.29, 1.82) is 0 Å².